The smallest absolute Gasteiger partial charge is 0.265 e. The van der Waals surface area contributed by atoms with Gasteiger partial charge in [-0.1, -0.05) is 61.0 Å². The van der Waals surface area contributed by atoms with E-state index in [1.165, 1.54) is 86.9 Å². The van der Waals surface area contributed by atoms with E-state index in [9.17, 15) is 22.4 Å². The SMILES string of the molecule is CC[C@H](C)NC(=O)[C@@H](Cc1ccccc1)N(Cc1ccc(F)cc1)C(=O)CN(c1cc(Cl)ccc1OC)S(=O)(=O)c1ccc(OC)c(OC)c1. The molecule has 4 aromatic rings. The number of nitrogens with zero attached hydrogens (tertiary/aromatic N) is 2. The fourth-order valence-electron chi connectivity index (χ4n) is 5.26. The van der Waals surface area contributed by atoms with Crippen LogP contribution in [0, 0.1) is 5.82 Å². The second kappa shape index (κ2) is 17.2. The monoisotopic (exact) mass is 725 g/mol. The lowest BCUT2D eigenvalue weighted by Gasteiger charge is -2.34. The molecule has 0 heterocycles. The van der Waals surface area contributed by atoms with Gasteiger partial charge in [-0.25, -0.2) is 12.8 Å². The zero-order valence-electron chi connectivity index (χ0n) is 28.6. The highest BCUT2D eigenvalue weighted by Gasteiger charge is 2.36. The van der Waals surface area contributed by atoms with Crippen molar-refractivity contribution >= 4 is 39.1 Å². The number of hydrogen-bond acceptors (Lipinski definition) is 7. The quantitative estimate of drug-likeness (QED) is 0.145. The van der Waals surface area contributed by atoms with Crippen LogP contribution in [0.1, 0.15) is 31.4 Å². The molecule has 10 nitrogen and oxygen atoms in total. The van der Waals surface area contributed by atoms with Crippen LogP contribution in [0.25, 0.3) is 0 Å². The first-order valence-electron chi connectivity index (χ1n) is 15.9. The molecule has 4 rings (SSSR count). The summed E-state index contributed by atoms with van der Waals surface area (Å²) in [5.41, 5.74) is 1.30. The van der Waals surface area contributed by atoms with Crippen LogP contribution < -0.4 is 23.8 Å². The number of anilines is 1. The Labute approximate surface area is 297 Å². The summed E-state index contributed by atoms with van der Waals surface area (Å²) in [4.78, 5) is 29.8. The molecule has 266 valence electrons. The van der Waals surface area contributed by atoms with Crippen LogP contribution in [0.3, 0.4) is 0 Å². The van der Waals surface area contributed by atoms with E-state index in [-0.39, 0.29) is 46.1 Å². The lowest BCUT2D eigenvalue weighted by molar-refractivity contribution is -0.140. The molecule has 0 aliphatic heterocycles. The molecule has 0 radical (unpaired) electrons. The molecule has 0 saturated carbocycles. The third-order valence-corrected chi connectivity index (χ3v) is 10.2. The third kappa shape index (κ3) is 9.25. The number of carbonyl (C=O) groups is 2. The molecule has 0 unspecified atom stereocenters. The minimum absolute atomic E-state index is 0.00599. The minimum atomic E-state index is -4.53. The highest BCUT2D eigenvalue weighted by Crippen LogP contribution is 2.37. The van der Waals surface area contributed by atoms with Gasteiger partial charge in [0.2, 0.25) is 11.8 Å². The summed E-state index contributed by atoms with van der Waals surface area (Å²) in [5.74, 6) is -1.01. The van der Waals surface area contributed by atoms with E-state index in [0.29, 0.717) is 17.7 Å². The molecule has 0 aromatic heterocycles. The summed E-state index contributed by atoms with van der Waals surface area (Å²) in [7, 11) is -0.369. The standard InChI is InChI=1S/C37H41ClFN3O7S/c1-6-25(2)40-37(44)32(20-26-10-8-7-9-11-26)41(23-27-12-15-29(39)16-13-27)36(43)24-42(31-21-28(38)14-18-33(31)47-3)50(45,46)30-17-19-34(48-4)35(22-30)49-5/h7-19,21-22,25,32H,6,20,23-24H2,1-5H3,(H,40,44)/t25-,32+/m0/s1. The maximum atomic E-state index is 14.7. The number of ether oxygens (including phenoxy) is 3. The van der Waals surface area contributed by atoms with E-state index in [4.69, 9.17) is 25.8 Å². The molecule has 0 aliphatic carbocycles. The van der Waals surface area contributed by atoms with Crippen LogP contribution in [-0.4, -0.2) is 65.1 Å². The first kappa shape index (κ1) is 38.0. The van der Waals surface area contributed by atoms with E-state index in [1.807, 2.05) is 44.2 Å². The summed E-state index contributed by atoms with van der Waals surface area (Å²) >= 11 is 6.37. The highest BCUT2D eigenvalue weighted by molar-refractivity contribution is 7.92. The molecule has 1 N–H and O–H groups in total. The van der Waals surface area contributed by atoms with Gasteiger partial charge >= 0.3 is 0 Å². The zero-order valence-corrected chi connectivity index (χ0v) is 30.1. The topological polar surface area (TPSA) is 114 Å². The molecule has 2 atom stereocenters. The van der Waals surface area contributed by atoms with Gasteiger partial charge in [-0.05, 0) is 66.9 Å². The molecular formula is C37H41ClFN3O7S. The first-order valence-corrected chi connectivity index (χ1v) is 17.7. The second-order valence-electron chi connectivity index (χ2n) is 11.5. The highest BCUT2D eigenvalue weighted by atomic mass is 35.5. The van der Waals surface area contributed by atoms with Crippen molar-refractivity contribution in [3.63, 3.8) is 0 Å². The average molecular weight is 726 g/mol. The van der Waals surface area contributed by atoms with Gasteiger partial charge in [0, 0.05) is 30.1 Å². The van der Waals surface area contributed by atoms with E-state index in [1.54, 1.807) is 0 Å². The molecule has 13 heteroatoms. The summed E-state index contributed by atoms with van der Waals surface area (Å²) in [6, 6.07) is 21.9. The predicted octanol–water partition coefficient (Wildman–Crippen LogP) is 6.26. The number of carbonyl (C=O) groups excluding carboxylic acids is 2. The van der Waals surface area contributed by atoms with Crippen molar-refractivity contribution < 1.29 is 36.6 Å². The molecule has 0 spiro atoms. The fourth-order valence-corrected chi connectivity index (χ4v) is 6.86. The van der Waals surface area contributed by atoms with Gasteiger partial charge in [-0.15, -0.1) is 0 Å². The molecule has 0 saturated heterocycles. The fraction of sp³-hybridized carbons (Fsp3) is 0.297. The number of benzene rings is 4. The van der Waals surface area contributed by atoms with Crippen molar-refractivity contribution in [3.8, 4) is 17.2 Å². The number of methoxy groups -OCH3 is 3. The maximum Gasteiger partial charge on any atom is 0.265 e. The molecule has 2 amide bonds. The molecule has 0 bridgehead atoms. The van der Waals surface area contributed by atoms with E-state index >= 15 is 0 Å². The van der Waals surface area contributed by atoms with Crippen molar-refractivity contribution in [1.82, 2.24) is 10.2 Å². The van der Waals surface area contributed by atoms with Gasteiger partial charge in [0.05, 0.1) is 31.9 Å². The van der Waals surface area contributed by atoms with Crippen molar-refractivity contribution in [3.05, 3.63) is 113 Å². The largest absolute Gasteiger partial charge is 0.495 e. The lowest BCUT2D eigenvalue weighted by atomic mass is 10.0. The van der Waals surface area contributed by atoms with Crippen LogP contribution >= 0.6 is 11.6 Å². The maximum absolute atomic E-state index is 14.7. The average Bonchev–Trinajstić information content (AvgIpc) is 3.12. The Kier molecular flexibility index (Phi) is 13.1. The Morgan fingerprint density at radius 1 is 0.840 bits per heavy atom. The Morgan fingerprint density at radius 3 is 2.10 bits per heavy atom. The van der Waals surface area contributed by atoms with Gasteiger partial charge in [0.1, 0.15) is 24.2 Å². The Hall–Kier alpha value is -4.81. The normalized spacial score (nSPS) is 12.4. The Bertz CT molecular complexity index is 1880. The first-order chi connectivity index (χ1) is 23.9. The van der Waals surface area contributed by atoms with Crippen molar-refractivity contribution in [1.29, 1.82) is 0 Å². The van der Waals surface area contributed by atoms with Crippen LogP contribution in [0.15, 0.2) is 95.9 Å². The molecule has 0 aliphatic rings. The number of amides is 2. The number of nitrogens with one attached hydrogen (secondary N) is 1. The van der Waals surface area contributed by atoms with Gasteiger partial charge in [0.25, 0.3) is 10.0 Å². The van der Waals surface area contributed by atoms with Gasteiger partial charge in [0.15, 0.2) is 11.5 Å². The Balaban J connectivity index is 1.88. The van der Waals surface area contributed by atoms with Gasteiger partial charge in [-0.3, -0.25) is 13.9 Å². The van der Waals surface area contributed by atoms with Crippen LogP contribution in [0.4, 0.5) is 10.1 Å². The van der Waals surface area contributed by atoms with E-state index in [0.717, 1.165) is 9.87 Å². The van der Waals surface area contributed by atoms with Gasteiger partial charge in [-0.2, -0.15) is 0 Å². The minimum Gasteiger partial charge on any atom is -0.495 e. The number of hydrogen-bond donors (Lipinski definition) is 1. The number of sulfonamides is 1. The Morgan fingerprint density at radius 2 is 1.48 bits per heavy atom. The molecule has 4 aromatic carbocycles. The van der Waals surface area contributed by atoms with Crippen LogP contribution in [-0.2, 0) is 32.6 Å². The summed E-state index contributed by atoms with van der Waals surface area (Å²) < 4.78 is 60.1. The zero-order chi connectivity index (χ0) is 36.4. The van der Waals surface area contributed by atoms with Crippen molar-refractivity contribution in [2.24, 2.45) is 0 Å². The number of halogens is 2. The lowest BCUT2D eigenvalue weighted by Crippen LogP contribution is -2.54. The second-order valence-corrected chi connectivity index (χ2v) is 13.8. The summed E-state index contributed by atoms with van der Waals surface area (Å²) in [5, 5.41) is 3.18. The van der Waals surface area contributed by atoms with Crippen LogP contribution in [0.5, 0.6) is 17.2 Å². The van der Waals surface area contributed by atoms with Crippen LogP contribution in [0.2, 0.25) is 5.02 Å². The molecule has 0 fully saturated rings. The summed E-state index contributed by atoms with van der Waals surface area (Å²) in [6.07, 6.45) is 0.764. The molecule has 50 heavy (non-hydrogen) atoms. The van der Waals surface area contributed by atoms with E-state index < -0.39 is 40.2 Å². The van der Waals surface area contributed by atoms with Crippen molar-refractivity contribution in [2.75, 3.05) is 32.2 Å². The van der Waals surface area contributed by atoms with Gasteiger partial charge < -0.3 is 24.4 Å². The van der Waals surface area contributed by atoms with Crippen molar-refractivity contribution in [2.45, 2.75) is 50.2 Å². The molecular weight excluding hydrogens is 685 g/mol. The number of rotatable bonds is 16. The third-order valence-electron chi connectivity index (χ3n) is 8.17. The summed E-state index contributed by atoms with van der Waals surface area (Å²) in [6.45, 7) is 2.90. The van der Waals surface area contributed by atoms with E-state index in [2.05, 4.69) is 5.32 Å². The predicted molar refractivity (Wildman–Crippen MR) is 191 cm³/mol.